The number of anilines is 1. The molecule has 0 aromatic heterocycles. The molecule has 12 heteroatoms. The Labute approximate surface area is 271 Å². The predicted octanol–water partition coefficient (Wildman–Crippen LogP) is 5.10. The molecule has 0 bridgehead atoms. The van der Waals surface area contributed by atoms with Crippen molar-refractivity contribution in [2.45, 2.75) is 54.7 Å². The monoisotopic (exact) mass is 668 g/mol. The molecule has 2 aliphatic rings. The van der Waals surface area contributed by atoms with Gasteiger partial charge in [0, 0.05) is 52.5 Å². The van der Waals surface area contributed by atoms with Crippen LogP contribution in [0.25, 0.3) is 0 Å². The molecular formula is C32H49ClN4O5S2. The van der Waals surface area contributed by atoms with Crippen LogP contribution < -0.4 is 9.64 Å². The molecule has 1 aliphatic heterocycles. The Kier molecular flexibility index (Phi) is 13.6. The van der Waals surface area contributed by atoms with E-state index in [0.717, 1.165) is 25.3 Å². The van der Waals surface area contributed by atoms with Crippen LogP contribution in [0.3, 0.4) is 0 Å². The zero-order valence-corrected chi connectivity index (χ0v) is 28.8. The van der Waals surface area contributed by atoms with Crippen LogP contribution in [-0.2, 0) is 20.0 Å². The lowest BCUT2D eigenvalue weighted by atomic mass is 9.89. The van der Waals surface area contributed by atoms with Crippen LogP contribution in [0.15, 0.2) is 70.5 Å². The molecule has 1 saturated carbocycles. The van der Waals surface area contributed by atoms with Crippen LogP contribution >= 0.6 is 12.4 Å². The van der Waals surface area contributed by atoms with Crippen molar-refractivity contribution in [1.29, 1.82) is 0 Å². The minimum atomic E-state index is -3.85. The standard InChI is InChI=1S/C32H48N4O5S2.ClH/c1-27-24-35(42(37,38)31-16-12-29(13-17-31)33(2)3)22-8-20-34(26-28-10-6-5-7-11-28)21-9-23-36(25-27)43(39,40)32-18-14-30(41-4)15-19-32;/h12-19,28H,1,5-11,20-26H2,2-4H3;1H. The Morgan fingerprint density at radius 1 is 0.750 bits per heavy atom. The van der Waals surface area contributed by atoms with Gasteiger partial charge in [0.25, 0.3) is 0 Å². The average Bonchev–Trinajstić information content (AvgIpc) is 2.99. The van der Waals surface area contributed by atoms with Gasteiger partial charge in [0.05, 0.1) is 16.9 Å². The second kappa shape index (κ2) is 16.4. The molecule has 0 N–H and O–H groups in total. The largest absolute Gasteiger partial charge is 0.497 e. The average molecular weight is 669 g/mol. The highest BCUT2D eigenvalue weighted by atomic mass is 35.5. The van der Waals surface area contributed by atoms with Crippen LogP contribution in [0.2, 0.25) is 0 Å². The van der Waals surface area contributed by atoms with Crippen LogP contribution in [0.1, 0.15) is 44.9 Å². The lowest BCUT2D eigenvalue weighted by molar-refractivity contribution is 0.188. The van der Waals surface area contributed by atoms with Gasteiger partial charge in [-0.3, -0.25) is 0 Å². The van der Waals surface area contributed by atoms with Crippen LogP contribution in [-0.4, -0.2) is 97.4 Å². The number of nitrogens with zero attached hydrogens (tertiary/aromatic N) is 4. The molecule has 2 aromatic carbocycles. The van der Waals surface area contributed by atoms with Crippen molar-refractivity contribution in [1.82, 2.24) is 13.5 Å². The first-order valence-electron chi connectivity index (χ1n) is 15.3. The third kappa shape index (κ3) is 9.43. The fourth-order valence-corrected chi connectivity index (χ4v) is 9.05. The molecule has 44 heavy (non-hydrogen) atoms. The molecule has 246 valence electrons. The molecule has 0 amide bonds. The van der Waals surface area contributed by atoms with E-state index in [1.165, 1.54) is 40.7 Å². The van der Waals surface area contributed by atoms with Crippen molar-refractivity contribution < 1.29 is 21.6 Å². The summed E-state index contributed by atoms with van der Waals surface area (Å²) in [5, 5.41) is 0. The SMILES string of the molecule is C=C1CN(S(=O)(=O)c2ccc(OC)cc2)CCCN(CC2CCCCC2)CCCN(S(=O)(=O)c2ccc(N(C)C)cc2)C1.Cl. The van der Waals surface area contributed by atoms with Gasteiger partial charge < -0.3 is 14.5 Å². The molecule has 0 unspecified atom stereocenters. The van der Waals surface area contributed by atoms with Gasteiger partial charge in [-0.15, -0.1) is 12.4 Å². The van der Waals surface area contributed by atoms with E-state index in [1.807, 2.05) is 19.0 Å². The summed E-state index contributed by atoms with van der Waals surface area (Å²) in [5.74, 6) is 1.21. The third-order valence-corrected chi connectivity index (χ3v) is 12.2. The van der Waals surface area contributed by atoms with Gasteiger partial charge in [-0.2, -0.15) is 8.61 Å². The summed E-state index contributed by atoms with van der Waals surface area (Å²) in [6.45, 7) is 7.42. The highest BCUT2D eigenvalue weighted by molar-refractivity contribution is 7.89. The summed E-state index contributed by atoms with van der Waals surface area (Å²) >= 11 is 0. The number of methoxy groups -OCH3 is 1. The summed E-state index contributed by atoms with van der Waals surface area (Å²) in [6, 6.07) is 13.3. The molecule has 0 atom stereocenters. The first kappa shape index (κ1) is 36.3. The number of hydrogen-bond donors (Lipinski definition) is 0. The number of halogens is 1. The van der Waals surface area contributed by atoms with Crippen molar-refractivity contribution in [3.05, 3.63) is 60.7 Å². The van der Waals surface area contributed by atoms with E-state index >= 15 is 0 Å². The minimum absolute atomic E-state index is 0. The molecule has 0 radical (unpaired) electrons. The summed E-state index contributed by atoms with van der Waals surface area (Å²) in [6.07, 6.45) is 7.63. The van der Waals surface area contributed by atoms with E-state index in [2.05, 4.69) is 11.5 Å². The van der Waals surface area contributed by atoms with E-state index in [4.69, 9.17) is 4.74 Å². The zero-order valence-electron chi connectivity index (χ0n) is 26.4. The Balaban J connectivity index is 0.00000529. The second-order valence-corrected chi connectivity index (χ2v) is 15.9. The quantitative estimate of drug-likeness (QED) is 0.362. The Hall–Kier alpha value is -2.15. The Bertz CT molecular complexity index is 1410. The molecule has 1 heterocycles. The minimum Gasteiger partial charge on any atom is -0.497 e. The lowest BCUT2D eigenvalue weighted by Crippen LogP contribution is -2.42. The maximum atomic E-state index is 13.9. The van der Waals surface area contributed by atoms with Gasteiger partial charge in [-0.05, 0) is 98.8 Å². The van der Waals surface area contributed by atoms with Gasteiger partial charge in [0.1, 0.15) is 5.75 Å². The first-order chi connectivity index (χ1) is 20.5. The van der Waals surface area contributed by atoms with E-state index in [0.29, 0.717) is 43.2 Å². The van der Waals surface area contributed by atoms with Gasteiger partial charge >= 0.3 is 0 Å². The smallest absolute Gasteiger partial charge is 0.243 e. The summed E-state index contributed by atoms with van der Waals surface area (Å²) in [4.78, 5) is 4.74. The van der Waals surface area contributed by atoms with Crippen molar-refractivity contribution in [2.75, 3.05) is 71.9 Å². The predicted molar refractivity (Wildman–Crippen MR) is 180 cm³/mol. The van der Waals surface area contributed by atoms with Gasteiger partial charge in [0.15, 0.2) is 0 Å². The number of sulfonamides is 2. The molecule has 9 nitrogen and oxygen atoms in total. The van der Waals surface area contributed by atoms with E-state index in [1.54, 1.807) is 55.6 Å². The van der Waals surface area contributed by atoms with E-state index in [-0.39, 0.29) is 35.3 Å². The molecular weight excluding hydrogens is 620 g/mol. The van der Waals surface area contributed by atoms with Crippen LogP contribution in [0, 0.1) is 5.92 Å². The van der Waals surface area contributed by atoms with E-state index < -0.39 is 20.0 Å². The molecule has 1 aliphatic carbocycles. The van der Waals surface area contributed by atoms with Crippen molar-refractivity contribution in [3.63, 3.8) is 0 Å². The normalized spacial score (nSPS) is 19.4. The van der Waals surface area contributed by atoms with E-state index in [9.17, 15) is 16.8 Å². The molecule has 2 aromatic rings. The summed E-state index contributed by atoms with van der Waals surface area (Å²) in [5.41, 5.74) is 1.44. The maximum Gasteiger partial charge on any atom is 0.243 e. The molecule has 2 fully saturated rings. The summed E-state index contributed by atoms with van der Waals surface area (Å²) in [7, 11) is -2.31. The van der Waals surface area contributed by atoms with Crippen molar-refractivity contribution in [2.24, 2.45) is 5.92 Å². The van der Waals surface area contributed by atoms with Gasteiger partial charge in [0.2, 0.25) is 20.0 Å². The van der Waals surface area contributed by atoms with Crippen molar-refractivity contribution >= 4 is 38.1 Å². The topological polar surface area (TPSA) is 90.5 Å². The molecule has 4 rings (SSSR count). The molecule has 1 saturated heterocycles. The van der Waals surface area contributed by atoms with Crippen LogP contribution in [0.4, 0.5) is 5.69 Å². The fraction of sp³-hybridized carbons (Fsp3) is 0.562. The highest BCUT2D eigenvalue weighted by Crippen LogP contribution is 2.26. The number of ether oxygens (including phenoxy) is 1. The number of hydrogen-bond acceptors (Lipinski definition) is 7. The highest BCUT2D eigenvalue weighted by Gasteiger charge is 2.30. The number of rotatable bonds is 8. The van der Waals surface area contributed by atoms with Crippen LogP contribution in [0.5, 0.6) is 5.75 Å². The Morgan fingerprint density at radius 3 is 1.68 bits per heavy atom. The maximum absolute atomic E-state index is 13.9. The van der Waals surface area contributed by atoms with Crippen molar-refractivity contribution in [3.8, 4) is 5.75 Å². The summed E-state index contributed by atoms with van der Waals surface area (Å²) < 4.78 is 63.6. The zero-order chi connectivity index (χ0) is 31.0. The molecule has 0 spiro atoms. The third-order valence-electron chi connectivity index (χ3n) is 8.49. The first-order valence-corrected chi connectivity index (χ1v) is 18.2. The lowest BCUT2D eigenvalue weighted by Gasteiger charge is -2.33. The van der Waals surface area contributed by atoms with Gasteiger partial charge in [-0.1, -0.05) is 25.8 Å². The number of benzene rings is 2. The van der Waals surface area contributed by atoms with Gasteiger partial charge in [-0.25, -0.2) is 16.8 Å². The Morgan fingerprint density at radius 2 is 1.23 bits per heavy atom. The fourth-order valence-electron chi connectivity index (χ4n) is 6.05. The second-order valence-electron chi connectivity index (χ2n) is 12.0.